The normalized spacial score (nSPS) is 12.7. The molecule has 1 unspecified atom stereocenters. The zero-order valence-corrected chi connectivity index (χ0v) is 45.3. The molecule has 0 aliphatic rings. The average Bonchev–Trinajstić information content (AvgIpc) is 3.35. The minimum Gasteiger partial charge on any atom is -0.462 e. The van der Waals surface area contributed by atoms with Gasteiger partial charge in [0.1, 0.15) is 13.2 Å². The molecule has 1 atom stereocenters. The molecule has 6 nitrogen and oxygen atoms in total. The van der Waals surface area contributed by atoms with Crippen LogP contribution in [0.15, 0.2) is 85.1 Å². The monoisotopic (exact) mass is 961 g/mol. The quantitative estimate of drug-likeness (QED) is 0.0262. The molecule has 0 saturated heterocycles. The Morgan fingerprint density at radius 2 is 0.565 bits per heavy atom. The fourth-order valence-corrected chi connectivity index (χ4v) is 7.99. The molecule has 0 amide bonds. The lowest BCUT2D eigenvalue weighted by Crippen LogP contribution is -2.30. The molecule has 0 radical (unpaired) electrons. The van der Waals surface area contributed by atoms with E-state index in [4.69, 9.17) is 14.2 Å². The van der Waals surface area contributed by atoms with E-state index < -0.39 is 6.10 Å². The molecule has 0 fully saturated rings. The number of ether oxygens (including phenoxy) is 3. The molecule has 0 bridgehead atoms. The summed E-state index contributed by atoms with van der Waals surface area (Å²) in [4.78, 5) is 38.2. The first-order chi connectivity index (χ1) is 34.0. The first-order valence-electron chi connectivity index (χ1n) is 29.1. The molecular weight excluding hydrogens is 853 g/mol. The van der Waals surface area contributed by atoms with Crippen molar-refractivity contribution in [3.05, 3.63) is 85.1 Å². The number of rotatable bonds is 52. The van der Waals surface area contributed by atoms with E-state index in [0.717, 1.165) is 89.9 Å². The largest absolute Gasteiger partial charge is 0.462 e. The Morgan fingerprint density at radius 1 is 0.304 bits per heavy atom. The second-order valence-corrected chi connectivity index (χ2v) is 19.2. The lowest BCUT2D eigenvalue weighted by molar-refractivity contribution is -0.167. The van der Waals surface area contributed by atoms with Gasteiger partial charge in [-0.1, -0.05) is 228 Å². The Kier molecular flexibility index (Phi) is 54.3. The molecule has 0 saturated carbocycles. The van der Waals surface area contributed by atoms with Crippen LogP contribution in [-0.4, -0.2) is 37.2 Å². The van der Waals surface area contributed by atoms with Crippen LogP contribution in [0.25, 0.3) is 0 Å². The van der Waals surface area contributed by atoms with Crippen LogP contribution in [0.4, 0.5) is 0 Å². The van der Waals surface area contributed by atoms with Crippen molar-refractivity contribution >= 4 is 17.9 Å². The van der Waals surface area contributed by atoms with Crippen LogP contribution in [0.5, 0.6) is 0 Å². The number of esters is 3. The van der Waals surface area contributed by atoms with Crippen molar-refractivity contribution in [2.45, 2.75) is 284 Å². The van der Waals surface area contributed by atoms with E-state index in [0.29, 0.717) is 19.3 Å². The third-order valence-corrected chi connectivity index (χ3v) is 12.4. The fourth-order valence-electron chi connectivity index (χ4n) is 7.99. The van der Waals surface area contributed by atoms with Crippen molar-refractivity contribution in [1.29, 1.82) is 0 Å². The van der Waals surface area contributed by atoms with Gasteiger partial charge in [-0.3, -0.25) is 14.4 Å². The second kappa shape index (κ2) is 57.2. The minimum absolute atomic E-state index is 0.0934. The van der Waals surface area contributed by atoms with Crippen LogP contribution in [0.2, 0.25) is 0 Å². The van der Waals surface area contributed by atoms with E-state index in [1.165, 1.54) is 148 Å². The number of hydrogen-bond donors (Lipinski definition) is 0. The third kappa shape index (κ3) is 55.4. The summed E-state index contributed by atoms with van der Waals surface area (Å²) in [6, 6.07) is 0. The van der Waals surface area contributed by atoms with Gasteiger partial charge in [0.15, 0.2) is 6.10 Å². The predicted molar refractivity (Wildman–Crippen MR) is 297 cm³/mol. The van der Waals surface area contributed by atoms with E-state index in [1.807, 2.05) is 0 Å². The molecule has 0 aromatic heterocycles. The maximum Gasteiger partial charge on any atom is 0.306 e. The van der Waals surface area contributed by atoms with Crippen LogP contribution < -0.4 is 0 Å². The molecule has 0 spiro atoms. The van der Waals surface area contributed by atoms with E-state index in [1.54, 1.807) is 0 Å². The number of hydrogen-bond acceptors (Lipinski definition) is 6. The molecule has 69 heavy (non-hydrogen) atoms. The molecule has 0 aromatic rings. The Morgan fingerprint density at radius 3 is 0.957 bits per heavy atom. The van der Waals surface area contributed by atoms with Crippen molar-refractivity contribution in [3.8, 4) is 0 Å². The lowest BCUT2D eigenvalue weighted by atomic mass is 10.1. The Balaban J connectivity index is 4.43. The number of allylic oxidation sites excluding steroid dienone is 14. The van der Waals surface area contributed by atoms with Gasteiger partial charge in [-0.05, 0) is 116 Å². The molecule has 0 aliphatic carbocycles. The van der Waals surface area contributed by atoms with Crippen LogP contribution in [0.1, 0.15) is 278 Å². The summed E-state index contributed by atoms with van der Waals surface area (Å²) >= 11 is 0. The average molecular weight is 962 g/mol. The summed E-state index contributed by atoms with van der Waals surface area (Å²) in [7, 11) is 0. The van der Waals surface area contributed by atoms with Crippen molar-refractivity contribution in [2.24, 2.45) is 0 Å². The summed E-state index contributed by atoms with van der Waals surface area (Å²) in [5.74, 6) is -0.939. The van der Waals surface area contributed by atoms with Crippen molar-refractivity contribution in [1.82, 2.24) is 0 Å². The van der Waals surface area contributed by atoms with E-state index in [-0.39, 0.29) is 31.1 Å². The molecule has 0 aliphatic heterocycles. The number of carbonyl (C=O) groups is 3. The lowest BCUT2D eigenvalue weighted by Gasteiger charge is -2.18. The van der Waals surface area contributed by atoms with Gasteiger partial charge in [0.05, 0.1) is 0 Å². The highest BCUT2D eigenvalue weighted by molar-refractivity contribution is 5.71. The highest BCUT2D eigenvalue weighted by atomic mass is 16.6. The van der Waals surface area contributed by atoms with Crippen LogP contribution >= 0.6 is 0 Å². The van der Waals surface area contributed by atoms with E-state index in [2.05, 4.69) is 106 Å². The number of carbonyl (C=O) groups excluding carboxylic acids is 3. The van der Waals surface area contributed by atoms with E-state index in [9.17, 15) is 14.4 Å². The van der Waals surface area contributed by atoms with Gasteiger partial charge >= 0.3 is 17.9 Å². The summed E-state index contributed by atoms with van der Waals surface area (Å²) in [5.41, 5.74) is 0. The first kappa shape index (κ1) is 65.6. The van der Waals surface area contributed by atoms with Crippen molar-refractivity contribution in [3.63, 3.8) is 0 Å². The van der Waals surface area contributed by atoms with Crippen molar-refractivity contribution < 1.29 is 28.6 Å². The SMILES string of the molecule is CC/C=C\C/C=C\C/C=C\C/C=C\CCCCC(=O)OCC(COC(=O)CCCCCCCCCCC/C=C\C/C=C\CCCCC)OC(=O)CCCCCCCCC/C=C\CCCCCCCC. The maximum absolute atomic E-state index is 12.9. The van der Waals surface area contributed by atoms with Gasteiger partial charge in [-0.15, -0.1) is 0 Å². The van der Waals surface area contributed by atoms with Gasteiger partial charge in [-0.25, -0.2) is 0 Å². The predicted octanol–water partition coefficient (Wildman–Crippen LogP) is 19.5. The Labute approximate surface area is 426 Å². The molecule has 0 aromatic carbocycles. The van der Waals surface area contributed by atoms with Crippen LogP contribution in [-0.2, 0) is 28.6 Å². The minimum atomic E-state index is -0.798. The Bertz CT molecular complexity index is 1330. The second-order valence-electron chi connectivity index (χ2n) is 19.2. The highest BCUT2D eigenvalue weighted by Gasteiger charge is 2.19. The van der Waals surface area contributed by atoms with Gasteiger partial charge in [0.2, 0.25) is 0 Å². The molecule has 6 heteroatoms. The topological polar surface area (TPSA) is 78.9 Å². The zero-order chi connectivity index (χ0) is 50.0. The molecular formula is C63H108O6. The summed E-state index contributed by atoms with van der Waals surface area (Å²) in [5, 5.41) is 0. The summed E-state index contributed by atoms with van der Waals surface area (Å²) < 4.78 is 16.8. The summed E-state index contributed by atoms with van der Waals surface area (Å²) in [6.07, 6.45) is 74.3. The maximum atomic E-state index is 12.9. The standard InChI is InChI=1S/C63H108O6/c1-4-7-10-13-16-19-22-25-28-30-31-33-35-38-41-44-47-50-53-56-62(65)68-59-60(58-67-61(64)55-52-49-46-43-40-37-34-27-24-21-18-15-12-9-6-3)69-63(66)57-54-51-48-45-42-39-36-32-29-26-23-20-17-14-11-8-5-2/h9,12,16,18-19,21,25-29,34,40,43,60H,4-8,10-11,13-15,17,20,22-24,30-33,35-39,41-42,44-59H2,1-3H3/b12-9-,19-16-,21-18-,28-25-,29-26-,34-27-,43-40-. The van der Waals surface area contributed by atoms with E-state index >= 15 is 0 Å². The van der Waals surface area contributed by atoms with Gasteiger partial charge in [0, 0.05) is 19.3 Å². The molecule has 396 valence electrons. The van der Waals surface area contributed by atoms with Gasteiger partial charge < -0.3 is 14.2 Å². The highest BCUT2D eigenvalue weighted by Crippen LogP contribution is 2.15. The van der Waals surface area contributed by atoms with Crippen molar-refractivity contribution in [2.75, 3.05) is 13.2 Å². The van der Waals surface area contributed by atoms with Crippen LogP contribution in [0, 0.1) is 0 Å². The smallest absolute Gasteiger partial charge is 0.306 e. The molecule has 0 rings (SSSR count). The fraction of sp³-hybridized carbons (Fsp3) is 0.730. The van der Waals surface area contributed by atoms with Crippen LogP contribution in [0.3, 0.4) is 0 Å². The van der Waals surface area contributed by atoms with Gasteiger partial charge in [-0.2, -0.15) is 0 Å². The Hall–Kier alpha value is -3.41. The third-order valence-electron chi connectivity index (χ3n) is 12.4. The number of unbranched alkanes of at least 4 members (excludes halogenated alkanes) is 27. The zero-order valence-electron chi connectivity index (χ0n) is 45.3. The first-order valence-corrected chi connectivity index (χ1v) is 29.1. The molecule has 0 N–H and O–H groups in total. The molecule has 0 heterocycles. The van der Waals surface area contributed by atoms with Gasteiger partial charge in [0.25, 0.3) is 0 Å². The summed E-state index contributed by atoms with van der Waals surface area (Å²) in [6.45, 7) is 6.47.